The van der Waals surface area contributed by atoms with E-state index in [0.717, 1.165) is 13.0 Å². The van der Waals surface area contributed by atoms with Crippen LogP contribution in [0, 0.1) is 6.92 Å². The zero-order valence-electron chi connectivity index (χ0n) is 22.5. The highest BCUT2D eigenvalue weighted by Crippen LogP contribution is 2.42. The van der Waals surface area contributed by atoms with E-state index < -0.39 is 0 Å². The second-order valence-electron chi connectivity index (χ2n) is 9.21. The zero-order valence-corrected chi connectivity index (χ0v) is 24.9. The highest BCUT2D eigenvalue weighted by Gasteiger charge is 2.11. The molecule has 5 aromatic rings. The smallest absolute Gasteiger partial charge is 0.0701 e. The normalized spacial score (nSPS) is 11.3. The molecule has 5 rings (SSSR count). The van der Waals surface area contributed by atoms with Crippen molar-refractivity contribution in [3.63, 3.8) is 0 Å². The summed E-state index contributed by atoms with van der Waals surface area (Å²) in [6.07, 6.45) is 0.929. The molecule has 0 radical (unpaired) electrons. The van der Waals surface area contributed by atoms with Gasteiger partial charge in [0.05, 0.1) is 33.0 Å². The van der Waals surface area contributed by atoms with Crippen LogP contribution in [0.15, 0.2) is 84.9 Å². The van der Waals surface area contributed by atoms with Crippen molar-refractivity contribution in [2.24, 2.45) is 0 Å². The molecule has 0 saturated carbocycles. The maximum atomic E-state index is 5.74. The van der Waals surface area contributed by atoms with E-state index in [-0.39, 0.29) is 0 Å². The van der Waals surface area contributed by atoms with E-state index in [1.165, 1.54) is 51.5 Å². The molecule has 0 saturated heterocycles. The fraction of sp³-hybridized carbons (Fsp3) is 0.273. The van der Waals surface area contributed by atoms with Gasteiger partial charge in [0.1, 0.15) is 0 Å². The fourth-order valence-electron chi connectivity index (χ4n) is 4.20. The molecule has 0 aliphatic rings. The molecule has 2 aromatic carbocycles. The number of ether oxygens (including phenoxy) is 3. The van der Waals surface area contributed by atoms with Crippen LogP contribution in [0.5, 0.6) is 0 Å². The molecule has 0 aliphatic carbocycles. The van der Waals surface area contributed by atoms with Crippen molar-refractivity contribution in [2.75, 3.05) is 39.6 Å². The molecule has 0 bridgehead atoms. The number of benzene rings is 2. The summed E-state index contributed by atoms with van der Waals surface area (Å²) in [5, 5.41) is 0. The largest absolute Gasteiger partial charge is 0.379 e. The monoisotopic (exact) mass is 574 g/mol. The van der Waals surface area contributed by atoms with Gasteiger partial charge in [-0.25, -0.2) is 0 Å². The lowest BCUT2D eigenvalue weighted by atomic mass is 10.0. The SMILES string of the molecule is CCOCCOCCOCCc1ccc(-c2ccc(-c3ccc(-c4ccc(-c5ccc(C)cc5)cc4)s3)s2)s1. The average Bonchev–Trinajstić information content (AvgIpc) is 3.74. The molecule has 0 N–H and O–H groups in total. The Morgan fingerprint density at radius 3 is 1.56 bits per heavy atom. The summed E-state index contributed by atoms with van der Waals surface area (Å²) in [5.41, 5.74) is 5.06. The van der Waals surface area contributed by atoms with E-state index in [4.69, 9.17) is 14.2 Å². The van der Waals surface area contributed by atoms with E-state index in [9.17, 15) is 0 Å². The standard InChI is InChI=1S/C33H34O3S3/c1-3-34-20-21-36-23-22-35-19-18-28-12-13-30(37-28)31-16-17-33(39-31)32-15-14-29(38-32)27-10-8-26(9-11-27)25-6-4-24(2)5-7-25/h4-17H,3,18-23H2,1-2H3. The van der Waals surface area contributed by atoms with Crippen LogP contribution in [-0.2, 0) is 20.6 Å². The lowest BCUT2D eigenvalue weighted by Crippen LogP contribution is -2.10. The van der Waals surface area contributed by atoms with Crippen LogP contribution in [0.4, 0.5) is 0 Å². The Morgan fingerprint density at radius 1 is 0.462 bits per heavy atom. The van der Waals surface area contributed by atoms with Gasteiger partial charge in [0.2, 0.25) is 0 Å². The third-order valence-electron chi connectivity index (χ3n) is 6.35. The molecule has 3 nitrogen and oxygen atoms in total. The molecule has 0 atom stereocenters. The van der Waals surface area contributed by atoms with Crippen LogP contribution in [0.25, 0.3) is 41.1 Å². The summed E-state index contributed by atoms with van der Waals surface area (Å²) >= 11 is 5.59. The van der Waals surface area contributed by atoms with Crippen molar-refractivity contribution in [1.82, 2.24) is 0 Å². The maximum Gasteiger partial charge on any atom is 0.0701 e. The predicted octanol–water partition coefficient (Wildman–Crippen LogP) is 9.46. The number of aryl methyl sites for hydroxylation is 1. The minimum absolute atomic E-state index is 0.615. The Balaban J connectivity index is 1.13. The molecule has 3 aromatic heterocycles. The van der Waals surface area contributed by atoms with Gasteiger partial charge in [-0.1, -0.05) is 54.1 Å². The quantitative estimate of drug-likeness (QED) is 0.124. The Labute approximate surface area is 243 Å². The first kappa shape index (κ1) is 28.0. The van der Waals surface area contributed by atoms with Crippen molar-refractivity contribution in [1.29, 1.82) is 0 Å². The average molecular weight is 575 g/mol. The van der Waals surface area contributed by atoms with Crippen molar-refractivity contribution in [3.05, 3.63) is 95.4 Å². The lowest BCUT2D eigenvalue weighted by Gasteiger charge is -2.05. The number of thiophene rings is 3. The summed E-state index contributed by atoms with van der Waals surface area (Å²) in [7, 11) is 0. The molecule has 0 spiro atoms. The summed E-state index contributed by atoms with van der Waals surface area (Å²) in [5.74, 6) is 0. The van der Waals surface area contributed by atoms with Gasteiger partial charge in [-0.3, -0.25) is 0 Å². The molecule has 39 heavy (non-hydrogen) atoms. The van der Waals surface area contributed by atoms with Crippen LogP contribution in [0.3, 0.4) is 0 Å². The third kappa shape index (κ3) is 7.76. The molecule has 0 aliphatic heterocycles. The van der Waals surface area contributed by atoms with Crippen molar-refractivity contribution >= 4 is 34.0 Å². The summed E-state index contributed by atoms with van der Waals surface area (Å²) in [6, 6.07) is 31.1. The van der Waals surface area contributed by atoms with Crippen LogP contribution >= 0.6 is 34.0 Å². The number of hydrogen-bond acceptors (Lipinski definition) is 6. The van der Waals surface area contributed by atoms with E-state index in [1.54, 1.807) is 0 Å². The Bertz CT molecular complexity index is 1430. The number of rotatable bonds is 14. The van der Waals surface area contributed by atoms with Crippen molar-refractivity contribution in [2.45, 2.75) is 20.3 Å². The molecule has 0 fully saturated rings. The zero-order chi connectivity index (χ0) is 26.9. The van der Waals surface area contributed by atoms with E-state index in [0.29, 0.717) is 33.0 Å². The summed E-state index contributed by atoms with van der Waals surface area (Å²) < 4.78 is 16.5. The van der Waals surface area contributed by atoms with E-state index in [1.807, 2.05) is 40.9 Å². The van der Waals surface area contributed by atoms with Crippen molar-refractivity contribution < 1.29 is 14.2 Å². The maximum absolute atomic E-state index is 5.74. The highest BCUT2D eigenvalue weighted by atomic mass is 32.1. The number of hydrogen-bond donors (Lipinski definition) is 0. The molecule has 202 valence electrons. The predicted molar refractivity (Wildman–Crippen MR) is 168 cm³/mol. The molecule has 0 amide bonds. The fourth-order valence-corrected chi connectivity index (χ4v) is 7.39. The van der Waals surface area contributed by atoms with Gasteiger partial charge < -0.3 is 14.2 Å². The first-order chi connectivity index (χ1) is 19.2. The Kier molecular flexibility index (Phi) is 10.2. The minimum atomic E-state index is 0.615. The van der Waals surface area contributed by atoms with Crippen LogP contribution in [0.1, 0.15) is 17.4 Å². The van der Waals surface area contributed by atoms with Crippen LogP contribution in [-0.4, -0.2) is 39.6 Å². The molecule has 6 heteroatoms. The Morgan fingerprint density at radius 2 is 0.923 bits per heavy atom. The molecule has 0 unspecified atom stereocenters. The van der Waals surface area contributed by atoms with Gasteiger partial charge in [0.15, 0.2) is 0 Å². The molecule has 3 heterocycles. The summed E-state index contributed by atoms with van der Waals surface area (Å²) in [4.78, 5) is 7.93. The van der Waals surface area contributed by atoms with E-state index >= 15 is 0 Å². The first-order valence-corrected chi connectivity index (χ1v) is 15.8. The summed E-state index contributed by atoms with van der Waals surface area (Å²) in [6.45, 7) is 8.07. The van der Waals surface area contributed by atoms with E-state index in [2.05, 4.69) is 91.9 Å². The van der Waals surface area contributed by atoms with Gasteiger partial charge in [-0.05, 0) is 66.9 Å². The van der Waals surface area contributed by atoms with Gasteiger partial charge >= 0.3 is 0 Å². The van der Waals surface area contributed by atoms with Gasteiger partial charge in [0.25, 0.3) is 0 Å². The first-order valence-electron chi connectivity index (χ1n) is 13.4. The minimum Gasteiger partial charge on any atom is -0.379 e. The van der Waals surface area contributed by atoms with Crippen LogP contribution < -0.4 is 0 Å². The Hall–Kier alpha value is -2.58. The van der Waals surface area contributed by atoms with Gasteiger partial charge in [-0.15, -0.1) is 34.0 Å². The molecular formula is C33H34O3S3. The third-order valence-corrected chi connectivity index (χ3v) is 10.1. The lowest BCUT2D eigenvalue weighted by molar-refractivity contribution is 0.0176. The van der Waals surface area contributed by atoms with Crippen LogP contribution in [0.2, 0.25) is 0 Å². The second-order valence-corrected chi connectivity index (χ2v) is 12.5. The topological polar surface area (TPSA) is 27.7 Å². The molecular weight excluding hydrogens is 541 g/mol. The van der Waals surface area contributed by atoms with Gasteiger partial charge in [0, 0.05) is 42.3 Å². The highest BCUT2D eigenvalue weighted by molar-refractivity contribution is 7.27. The second kappa shape index (κ2) is 14.2. The van der Waals surface area contributed by atoms with Crippen molar-refractivity contribution in [3.8, 4) is 41.1 Å². The van der Waals surface area contributed by atoms with Gasteiger partial charge in [-0.2, -0.15) is 0 Å².